The molecule has 0 aliphatic heterocycles. The lowest BCUT2D eigenvalue weighted by molar-refractivity contribution is -0.151. The van der Waals surface area contributed by atoms with E-state index >= 15 is 0 Å². The molecule has 0 aromatic carbocycles. The quantitative estimate of drug-likeness (QED) is 0.448. The van der Waals surface area contributed by atoms with Crippen LogP contribution >= 0.6 is 0 Å². The number of esters is 1. The first-order valence-electron chi connectivity index (χ1n) is 4.05. The highest BCUT2D eigenvalue weighted by Crippen LogP contribution is 2.19. The van der Waals surface area contributed by atoms with Gasteiger partial charge in [0.1, 0.15) is 0 Å². The van der Waals surface area contributed by atoms with Gasteiger partial charge < -0.3 is 4.74 Å². The molecule has 0 atom stereocenters. The summed E-state index contributed by atoms with van der Waals surface area (Å²) in [5.74, 6) is 0.0439. The van der Waals surface area contributed by atoms with Crippen LogP contribution in [0.25, 0.3) is 0 Å². The highest BCUT2D eigenvalue weighted by atomic mass is 16.5. The van der Waals surface area contributed by atoms with E-state index in [2.05, 4.69) is 0 Å². The fourth-order valence-electron chi connectivity index (χ4n) is 1.14. The summed E-state index contributed by atoms with van der Waals surface area (Å²) in [6.07, 6.45) is 5.79. The average Bonchev–Trinajstić information content (AvgIpc) is 2.35. The van der Waals surface area contributed by atoms with E-state index in [4.69, 9.17) is 4.74 Å². The maximum atomic E-state index is 11.2. The average molecular weight is 154 g/mol. The highest BCUT2D eigenvalue weighted by molar-refractivity contribution is 5.73. The van der Waals surface area contributed by atoms with Gasteiger partial charge in [-0.1, -0.05) is 12.2 Å². The number of hydrogen-bond donors (Lipinski definition) is 0. The Hall–Kier alpha value is -0.790. The second-order valence-electron chi connectivity index (χ2n) is 3.13. The summed E-state index contributed by atoms with van der Waals surface area (Å²) < 4.78 is 5.06. The molecule has 0 unspecified atom stereocenters. The highest BCUT2D eigenvalue weighted by Gasteiger charge is 2.21. The maximum absolute atomic E-state index is 11.2. The van der Waals surface area contributed by atoms with Crippen molar-refractivity contribution in [2.75, 3.05) is 0 Å². The Bertz CT molecular complexity index is 162. The predicted octanol–water partition coefficient (Wildman–Crippen LogP) is 1.90. The van der Waals surface area contributed by atoms with Crippen LogP contribution in [-0.4, -0.2) is 12.1 Å². The molecule has 0 fully saturated rings. The molecule has 0 heterocycles. The molecule has 0 bridgehead atoms. The van der Waals surface area contributed by atoms with Gasteiger partial charge in [-0.05, 0) is 26.7 Å². The van der Waals surface area contributed by atoms with E-state index in [0.29, 0.717) is 0 Å². The molecular formula is C9H14O2. The third-order valence-electron chi connectivity index (χ3n) is 1.69. The number of carbonyl (C=O) groups is 1. The maximum Gasteiger partial charge on any atom is 0.309 e. The van der Waals surface area contributed by atoms with Gasteiger partial charge in [-0.2, -0.15) is 0 Å². The van der Waals surface area contributed by atoms with E-state index in [9.17, 15) is 4.79 Å². The van der Waals surface area contributed by atoms with Crippen LogP contribution in [0.3, 0.4) is 0 Å². The number of carbonyl (C=O) groups excluding carboxylic acids is 1. The fourth-order valence-corrected chi connectivity index (χ4v) is 1.14. The molecular weight excluding hydrogens is 140 g/mol. The Morgan fingerprint density at radius 2 is 2.00 bits per heavy atom. The Morgan fingerprint density at radius 3 is 2.45 bits per heavy atom. The van der Waals surface area contributed by atoms with Crippen molar-refractivity contribution in [3.8, 4) is 0 Å². The zero-order chi connectivity index (χ0) is 8.27. The molecule has 0 aromatic heterocycles. The van der Waals surface area contributed by atoms with E-state index in [0.717, 1.165) is 12.8 Å². The SMILES string of the molecule is CC(C)OC(=O)C1CC=CC1. The molecule has 11 heavy (non-hydrogen) atoms. The smallest absolute Gasteiger partial charge is 0.309 e. The van der Waals surface area contributed by atoms with E-state index in [1.54, 1.807) is 0 Å². The molecule has 1 aliphatic rings. The summed E-state index contributed by atoms with van der Waals surface area (Å²) in [6, 6.07) is 0. The van der Waals surface area contributed by atoms with Gasteiger partial charge in [-0.25, -0.2) is 0 Å². The van der Waals surface area contributed by atoms with Crippen LogP contribution < -0.4 is 0 Å². The molecule has 0 spiro atoms. The minimum absolute atomic E-state index is 0.0168. The Balaban J connectivity index is 2.30. The molecule has 0 aromatic rings. The van der Waals surface area contributed by atoms with E-state index in [1.807, 2.05) is 26.0 Å². The zero-order valence-electron chi connectivity index (χ0n) is 7.04. The van der Waals surface area contributed by atoms with Crippen LogP contribution in [-0.2, 0) is 9.53 Å². The molecule has 0 saturated carbocycles. The summed E-state index contributed by atoms with van der Waals surface area (Å²) in [7, 11) is 0. The van der Waals surface area contributed by atoms with Crippen molar-refractivity contribution in [3.05, 3.63) is 12.2 Å². The first-order valence-corrected chi connectivity index (χ1v) is 4.05. The van der Waals surface area contributed by atoms with Gasteiger partial charge in [0.25, 0.3) is 0 Å². The molecule has 1 rings (SSSR count). The topological polar surface area (TPSA) is 26.3 Å². The zero-order valence-corrected chi connectivity index (χ0v) is 7.04. The third-order valence-corrected chi connectivity index (χ3v) is 1.69. The number of hydrogen-bond acceptors (Lipinski definition) is 2. The molecule has 0 radical (unpaired) electrons. The van der Waals surface area contributed by atoms with Crippen molar-refractivity contribution in [1.82, 2.24) is 0 Å². The first-order chi connectivity index (χ1) is 5.20. The van der Waals surface area contributed by atoms with Crippen molar-refractivity contribution in [2.24, 2.45) is 5.92 Å². The van der Waals surface area contributed by atoms with E-state index < -0.39 is 0 Å². The van der Waals surface area contributed by atoms with Crippen molar-refractivity contribution < 1.29 is 9.53 Å². The number of allylic oxidation sites excluding steroid dienone is 2. The summed E-state index contributed by atoms with van der Waals surface area (Å²) in [5.41, 5.74) is 0. The number of ether oxygens (including phenoxy) is 1. The molecule has 0 saturated heterocycles. The minimum atomic E-state index is -0.0509. The summed E-state index contributed by atoms with van der Waals surface area (Å²) in [5, 5.41) is 0. The molecule has 0 amide bonds. The van der Waals surface area contributed by atoms with Gasteiger partial charge in [-0.15, -0.1) is 0 Å². The van der Waals surface area contributed by atoms with Crippen LogP contribution in [0, 0.1) is 5.92 Å². The van der Waals surface area contributed by atoms with Crippen molar-refractivity contribution in [2.45, 2.75) is 32.8 Å². The van der Waals surface area contributed by atoms with E-state index in [-0.39, 0.29) is 18.0 Å². The summed E-state index contributed by atoms with van der Waals surface area (Å²) in [4.78, 5) is 11.2. The molecule has 2 nitrogen and oxygen atoms in total. The van der Waals surface area contributed by atoms with Crippen LogP contribution in [0.15, 0.2) is 12.2 Å². The monoisotopic (exact) mass is 154 g/mol. The fraction of sp³-hybridized carbons (Fsp3) is 0.667. The second kappa shape index (κ2) is 3.56. The largest absolute Gasteiger partial charge is 0.463 e. The lowest BCUT2D eigenvalue weighted by atomic mass is 10.1. The minimum Gasteiger partial charge on any atom is -0.463 e. The Kier molecular flexibility index (Phi) is 2.69. The van der Waals surface area contributed by atoms with Crippen molar-refractivity contribution in [1.29, 1.82) is 0 Å². The van der Waals surface area contributed by atoms with Crippen molar-refractivity contribution in [3.63, 3.8) is 0 Å². The first kappa shape index (κ1) is 8.31. The van der Waals surface area contributed by atoms with Crippen LogP contribution in [0.4, 0.5) is 0 Å². The second-order valence-corrected chi connectivity index (χ2v) is 3.13. The van der Waals surface area contributed by atoms with Gasteiger partial charge in [0, 0.05) is 0 Å². The molecule has 1 aliphatic carbocycles. The standard InChI is InChI=1S/C9H14O2/c1-7(2)11-9(10)8-5-3-4-6-8/h3-4,7-8H,5-6H2,1-2H3. The van der Waals surface area contributed by atoms with E-state index in [1.165, 1.54) is 0 Å². The van der Waals surface area contributed by atoms with Gasteiger partial charge >= 0.3 is 5.97 Å². The van der Waals surface area contributed by atoms with Crippen LogP contribution in [0.2, 0.25) is 0 Å². The van der Waals surface area contributed by atoms with Crippen LogP contribution in [0.1, 0.15) is 26.7 Å². The van der Waals surface area contributed by atoms with Gasteiger partial charge in [-0.3, -0.25) is 4.79 Å². The normalized spacial score (nSPS) is 17.7. The third kappa shape index (κ3) is 2.37. The Labute approximate surface area is 67.2 Å². The lowest BCUT2D eigenvalue weighted by Gasteiger charge is -2.11. The summed E-state index contributed by atoms with van der Waals surface area (Å²) >= 11 is 0. The molecule has 62 valence electrons. The van der Waals surface area contributed by atoms with Gasteiger partial charge in [0.05, 0.1) is 12.0 Å². The Morgan fingerprint density at radius 1 is 1.45 bits per heavy atom. The van der Waals surface area contributed by atoms with Gasteiger partial charge in [0.2, 0.25) is 0 Å². The van der Waals surface area contributed by atoms with Crippen LogP contribution in [0.5, 0.6) is 0 Å². The number of rotatable bonds is 2. The lowest BCUT2D eigenvalue weighted by Crippen LogP contribution is -2.18. The van der Waals surface area contributed by atoms with Gasteiger partial charge in [0.15, 0.2) is 0 Å². The molecule has 2 heteroatoms. The summed E-state index contributed by atoms with van der Waals surface area (Å²) in [6.45, 7) is 3.75. The molecule has 0 N–H and O–H groups in total. The van der Waals surface area contributed by atoms with Crippen molar-refractivity contribution >= 4 is 5.97 Å². The predicted molar refractivity (Wildman–Crippen MR) is 43.1 cm³/mol.